The molecule has 0 aromatic rings. The summed E-state index contributed by atoms with van der Waals surface area (Å²) >= 11 is 0. The van der Waals surface area contributed by atoms with Crippen LogP contribution in [-0.2, 0) is 4.74 Å². The highest BCUT2D eigenvalue weighted by Gasteiger charge is 2.35. The van der Waals surface area contributed by atoms with Crippen LogP contribution < -0.4 is 5.32 Å². The topological polar surface area (TPSA) is 44.7 Å². The van der Waals surface area contributed by atoms with Crippen molar-refractivity contribution in [3.63, 3.8) is 0 Å². The number of nitrogens with zero attached hydrogens (tertiary/aromatic N) is 1. The highest BCUT2D eigenvalue weighted by molar-refractivity contribution is 4.88. The molecule has 0 amide bonds. The van der Waals surface area contributed by atoms with Crippen molar-refractivity contribution >= 4 is 0 Å². The highest BCUT2D eigenvalue weighted by atomic mass is 16.5. The van der Waals surface area contributed by atoms with Crippen LogP contribution in [0.3, 0.4) is 0 Å². The van der Waals surface area contributed by atoms with Crippen molar-refractivity contribution < 1.29 is 9.84 Å². The Kier molecular flexibility index (Phi) is 6.93. The average Bonchev–Trinajstić information content (AvgIpc) is 2.48. The molecular weight excluding hydrogens is 264 g/mol. The number of likely N-dealkylation sites (tertiary alicyclic amines) is 1. The average molecular weight is 298 g/mol. The maximum Gasteiger partial charge on any atom is 0.0546 e. The second-order valence-corrected chi connectivity index (χ2v) is 7.58. The Morgan fingerprint density at radius 1 is 1.33 bits per heavy atom. The molecule has 0 saturated carbocycles. The van der Waals surface area contributed by atoms with E-state index in [1.54, 1.807) is 0 Å². The number of hydrogen-bond acceptors (Lipinski definition) is 4. The first-order valence-corrected chi connectivity index (χ1v) is 8.75. The van der Waals surface area contributed by atoms with Crippen molar-refractivity contribution in [3.8, 4) is 0 Å². The molecule has 0 spiro atoms. The molecule has 0 aromatic heterocycles. The summed E-state index contributed by atoms with van der Waals surface area (Å²) in [6, 6.07) is 0. The zero-order valence-corrected chi connectivity index (χ0v) is 13.9. The Labute approximate surface area is 130 Å². The number of nitrogens with one attached hydrogen (secondary N) is 1. The number of aliphatic hydroxyl groups excluding tert-OH is 1. The minimum atomic E-state index is 0.291. The third-order valence-corrected chi connectivity index (χ3v) is 4.98. The molecule has 1 unspecified atom stereocenters. The number of rotatable bonds is 7. The van der Waals surface area contributed by atoms with E-state index in [0.717, 1.165) is 58.8 Å². The number of piperidine rings is 1. The summed E-state index contributed by atoms with van der Waals surface area (Å²) in [5.41, 5.74) is 0.291. The fourth-order valence-electron chi connectivity index (χ4n) is 3.66. The van der Waals surface area contributed by atoms with Crippen LogP contribution in [0.5, 0.6) is 0 Å². The minimum absolute atomic E-state index is 0.291. The summed E-state index contributed by atoms with van der Waals surface area (Å²) < 4.78 is 5.82. The molecule has 2 aliphatic rings. The van der Waals surface area contributed by atoms with Gasteiger partial charge in [-0.05, 0) is 57.2 Å². The third kappa shape index (κ3) is 5.51. The van der Waals surface area contributed by atoms with Gasteiger partial charge in [-0.3, -0.25) is 0 Å². The van der Waals surface area contributed by atoms with Crippen LogP contribution in [0.15, 0.2) is 0 Å². The molecule has 0 aliphatic carbocycles. The minimum Gasteiger partial charge on any atom is -0.396 e. The van der Waals surface area contributed by atoms with Gasteiger partial charge in [0, 0.05) is 31.7 Å². The van der Waals surface area contributed by atoms with Gasteiger partial charge in [-0.25, -0.2) is 0 Å². The van der Waals surface area contributed by atoms with Gasteiger partial charge < -0.3 is 20.1 Å². The van der Waals surface area contributed by atoms with Crippen LogP contribution in [0.1, 0.15) is 39.5 Å². The number of aliphatic hydroxyl groups is 1. The van der Waals surface area contributed by atoms with Crippen molar-refractivity contribution in [1.82, 2.24) is 10.2 Å². The lowest BCUT2D eigenvalue weighted by Crippen LogP contribution is -2.51. The van der Waals surface area contributed by atoms with Crippen LogP contribution >= 0.6 is 0 Å². The van der Waals surface area contributed by atoms with Crippen LogP contribution in [0.2, 0.25) is 0 Å². The molecule has 2 N–H and O–H groups in total. The standard InChI is InChI=1S/C17H34N2O2/c1-15(2)10-18-12-17(6-3-9-21-14-17)13-19-7-4-16(11-20)5-8-19/h15-16,18,20H,3-14H2,1-2H3. The van der Waals surface area contributed by atoms with E-state index in [1.165, 1.54) is 12.8 Å². The van der Waals surface area contributed by atoms with E-state index in [9.17, 15) is 5.11 Å². The van der Waals surface area contributed by atoms with E-state index in [0.29, 0.717) is 23.9 Å². The normalized spacial score (nSPS) is 29.1. The Morgan fingerprint density at radius 3 is 2.67 bits per heavy atom. The van der Waals surface area contributed by atoms with Gasteiger partial charge in [0.15, 0.2) is 0 Å². The zero-order chi connectivity index (χ0) is 15.1. The number of hydrogen-bond donors (Lipinski definition) is 2. The van der Waals surface area contributed by atoms with Crippen molar-refractivity contribution in [2.45, 2.75) is 39.5 Å². The molecule has 0 bridgehead atoms. The van der Waals surface area contributed by atoms with Crippen molar-refractivity contribution in [3.05, 3.63) is 0 Å². The second-order valence-electron chi connectivity index (χ2n) is 7.58. The van der Waals surface area contributed by atoms with Crippen LogP contribution in [0.4, 0.5) is 0 Å². The Bertz CT molecular complexity index is 283. The molecule has 21 heavy (non-hydrogen) atoms. The van der Waals surface area contributed by atoms with Crippen molar-refractivity contribution in [1.29, 1.82) is 0 Å². The molecule has 0 radical (unpaired) electrons. The third-order valence-electron chi connectivity index (χ3n) is 4.98. The molecule has 4 heteroatoms. The molecule has 124 valence electrons. The largest absolute Gasteiger partial charge is 0.396 e. The molecule has 0 aromatic carbocycles. The van der Waals surface area contributed by atoms with E-state index < -0.39 is 0 Å². The molecule has 1 atom stereocenters. The van der Waals surface area contributed by atoms with Crippen molar-refractivity contribution in [2.24, 2.45) is 17.3 Å². The summed E-state index contributed by atoms with van der Waals surface area (Å²) in [6.45, 7) is 12.3. The molecule has 2 heterocycles. The monoisotopic (exact) mass is 298 g/mol. The fourth-order valence-corrected chi connectivity index (χ4v) is 3.66. The molecule has 2 fully saturated rings. The lowest BCUT2D eigenvalue weighted by molar-refractivity contribution is -0.0321. The van der Waals surface area contributed by atoms with Crippen LogP contribution in [-0.4, -0.2) is 62.6 Å². The quantitative estimate of drug-likeness (QED) is 0.751. The summed E-state index contributed by atoms with van der Waals surface area (Å²) in [5, 5.41) is 12.9. The van der Waals surface area contributed by atoms with Gasteiger partial charge in [-0.2, -0.15) is 0 Å². The predicted molar refractivity (Wildman–Crippen MR) is 86.4 cm³/mol. The van der Waals surface area contributed by atoms with Gasteiger partial charge in [0.05, 0.1) is 6.61 Å². The van der Waals surface area contributed by atoms with Crippen molar-refractivity contribution in [2.75, 3.05) is 52.5 Å². The van der Waals surface area contributed by atoms with Gasteiger partial charge in [0.1, 0.15) is 0 Å². The lowest BCUT2D eigenvalue weighted by atomic mass is 9.81. The van der Waals surface area contributed by atoms with Gasteiger partial charge in [0.25, 0.3) is 0 Å². The smallest absolute Gasteiger partial charge is 0.0546 e. The summed E-state index contributed by atoms with van der Waals surface area (Å²) in [4.78, 5) is 2.60. The van der Waals surface area contributed by atoms with Crippen LogP contribution in [0, 0.1) is 17.3 Å². The Hall–Kier alpha value is -0.160. The SMILES string of the molecule is CC(C)CNCC1(CN2CCC(CO)CC2)CCCOC1. The first kappa shape index (κ1) is 17.2. The lowest BCUT2D eigenvalue weighted by Gasteiger charge is -2.43. The highest BCUT2D eigenvalue weighted by Crippen LogP contribution is 2.31. The van der Waals surface area contributed by atoms with E-state index in [1.807, 2.05) is 0 Å². The molecule has 2 aliphatic heterocycles. The fraction of sp³-hybridized carbons (Fsp3) is 1.00. The van der Waals surface area contributed by atoms with E-state index in [4.69, 9.17) is 4.74 Å². The van der Waals surface area contributed by atoms with Gasteiger partial charge in [0.2, 0.25) is 0 Å². The maximum atomic E-state index is 9.27. The van der Waals surface area contributed by atoms with Crippen LogP contribution in [0.25, 0.3) is 0 Å². The maximum absolute atomic E-state index is 9.27. The van der Waals surface area contributed by atoms with Gasteiger partial charge in [-0.1, -0.05) is 13.8 Å². The molecule has 4 nitrogen and oxygen atoms in total. The van der Waals surface area contributed by atoms with E-state index in [-0.39, 0.29) is 0 Å². The Balaban J connectivity index is 1.84. The van der Waals surface area contributed by atoms with Gasteiger partial charge >= 0.3 is 0 Å². The Morgan fingerprint density at radius 2 is 2.10 bits per heavy atom. The molecule has 2 saturated heterocycles. The predicted octanol–water partition coefficient (Wildman–Crippen LogP) is 1.73. The summed E-state index contributed by atoms with van der Waals surface area (Å²) in [7, 11) is 0. The number of ether oxygens (including phenoxy) is 1. The molecule has 2 rings (SSSR count). The van der Waals surface area contributed by atoms with E-state index in [2.05, 4.69) is 24.1 Å². The summed E-state index contributed by atoms with van der Waals surface area (Å²) in [6.07, 6.45) is 4.76. The molecular formula is C17H34N2O2. The second kappa shape index (κ2) is 8.47. The first-order valence-electron chi connectivity index (χ1n) is 8.75. The summed E-state index contributed by atoms with van der Waals surface area (Å²) in [5.74, 6) is 1.23. The first-order chi connectivity index (χ1) is 10.1. The van der Waals surface area contributed by atoms with E-state index >= 15 is 0 Å². The zero-order valence-electron chi connectivity index (χ0n) is 13.9. The van der Waals surface area contributed by atoms with Gasteiger partial charge in [-0.15, -0.1) is 0 Å².